The number of ether oxygens (including phenoxy) is 5. The minimum absolute atomic E-state index is 0.00914. The lowest BCUT2D eigenvalue weighted by Gasteiger charge is -2.42. The zero-order chi connectivity index (χ0) is 52.5. The minimum Gasteiger partial charge on any atom is -0.467 e. The topological polar surface area (TPSA) is 183 Å². The van der Waals surface area contributed by atoms with Crippen LogP contribution in [0.1, 0.15) is 137 Å². The van der Waals surface area contributed by atoms with E-state index in [0.717, 1.165) is 80.1 Å². The highest BCUT2D eigenvalue weighted by Crippen LogP contribution is 2.52. The first kappa shape index (κ1) is 51.2. The van der Waals surface area contributed by atoms with E-state index in [0.29, 0.717) is 27.4 Å². The van der Waals surface area contributed by atoms with Crippen molar-refractivity contribution in [1.29, 1.82) is 0 Å². The van der Waals surface area contributed by atoms with Crippen LogP contribution in [0.4, 0.5) is 26.7 Å². The molecule has 4 aromatic carbocycles. The molecule has 0 aromatic heterocycles. The third-order valence-corrected chi connectivity index (χ3v) is 15.6. The Morgan fingerprint density at radius 2 is 0.920 bits per heavy atom. The lowest BCUT2D eigenvalue weighted by molar-refractivity contribution is -0.179. The van der Waals surface area contributed by atoms with Crippen LogP contribution in [0.5, 0.6) is 17.2 Å². The molecular weight excluding hydrogens is 963 g/mol. The van der Waals surface area contributed by atoms with Gasteiger partial charge in [-0.2, -0.15) is 0 Å². The van der Waals surface area contributed by atoms with E-state index in [2.05, 4.69) is 64.9 Å². The second-order valence-corrected chi connectivity index (χ2v) is 20.8. The fraction of sp³-hybridized carbons (Fsp3) is 0.474. The number of amides is 4. The van der Waals surface area contributed by atoms with Gasteiger partial charge in [-0.25, -0.2) is 9.59 Å². The number of hydrogen-bond acceptors (Lipinski definition) is 16. The molecule has 3 unspecified atom stereocenters. The number of imide groups is 2. The van der Waals surface area contributed by atoms with Gasteiger partial charge in [0.15, 0.2) is 6.79 Å². The fourth-order valence-corrected chi connectivity index (χ4v) is 11.7. The maximum absolute atomic E-state index is 12.7. The smallest absolute Gasteiger partial charge is 0.467 e. The molecule has 4 amide bonds. The third-order valence-electron chi connectivity index (χ3n) is 15.6. The molecule has 396 valence electrons. The molecule has 75 heavy (non-hydrogen) atoms. The molecule has 0 saturated carbocycles. The number of hydroxylamine groups is 4. The predicted octanol–water partition coefficient (Wildman–Crippen LogP) is 9.38. The largest absolute Gasteiger partial charge is 0.534 e. The van der Waals surface area contributed by atoms with E-state index >= 15 is 0 Å². The van der Waals surface area contributed by atoms with Gasteiger partial charge in [0.05, 0.1) is 5.92 Å². The Balaban J connectivity index is 0.000000172. The molecule has 6 aliphatic heterocycles. The zero-order valence-electron chi connectivity index (χ0n) is 43.3. The Labute approximate surface area is 436 Å². The summed E-state index contributed by atoms with van der Waals surface area (Å²) in [5.41, 5.74) is 9.65. The standard InChI is InChI=1S/C31H37N3O5.C26H28N2O8/c1-20(38-30(37)39-34-27(35)12-13-28(34)36)29-23-10-8-21(32-14-4-5-15-32)18-25(23)31(2,3)26-19-22(9-11-24(26)29)33-16-6-7-17-33;1-16(34-26(31)36-28-23(29)9-10-24(28)30)25-19-7-5-17(27-11-3-4-12-27)13-21(19)35-22-14-18(33-15-32-2)6-8-20(22)25/h8-11,18-20,29H,4-7,12-17H2,1-3H3;5-8,13-14,16,25H,3-4,9-12,15H2,1-2H3. The molecule has 0 N–H and O–H groups in total. The van der Waals surface area contributed by atoms with Gasteiger partial charge in [-0.05, 0) is 111 Å². The lowest BCUT2D eigenvalue weighted by atomic mass is 9.64. The molecule has 5 fully saturated rings. The average molecular weight is 1030 g/mol. The van der Waals surface area contributed by atoms with Crippen molar-refractivity contribution in [2.24, 2.45) is 0 Å². The maximum Gasteiger partial charge on any atom is 0.534 e. The Hall–Kier alpha value is -7.34. The van der Waals surface area contributed by atoms with Crippen LogP contribution in [0, 0.1) is 0 Å². The summed E-state index contributed by atoms with van der Waals surface area (Å²) in [7, 11) is 1.54. The molecule has 6 heterocycles. The second-order valence-electron chi connectivity index (χ2n) is 20.8. The Morgan fingerprint density at radius 3 is 1.35 bits per heavy atom. The summed E-state index contributed by atoms with van der Waals surface area (Å²) in [5.74, 6) is -0.970. The van der Waals surface area contributed by atoms with E-state index in [-0.39, 0.29) is 49.7 Å². The van der Waals surface area contributed by atoms with E-state index in [1.807, 2.05) is 31.2 Å². The van der Waals surface area contributed by atoms with Gasteiger partial charge >= 0.3 is 12.3 Å². The van der Waals surface area contributed by atoms with Crippen molar-refractivity contribution < 1.29 is 62.1 Å². The quantitative estimate of drug-likeness (QED) is 0.0742. The van der Waals surface area contributed by atoms with Crippen LogP contribution in [-0.4, -0.2) is 111 Å². The summed E-state index contributed by atoms with van der Waals surface area (Å²) in [5, 5.41) is 1.01. The molecule has 4 aromatic rings. The first-order chi connectivity index (χ1) is 36.2. The molecule has 1 aliphatic carbocycles. The number of methoxy groups -OCH3 is 1. The van der Waals surface area contributed by atoms with Crippen molar-refractivity contribution >= 4 is 53.0 Å². The molecule has 0 bridgehead atoms. The van der Waals surface area contributed by atoms with Crippen molar-refractivity contribution in [1.82, 2.24) is 10.1 Å². The van der Waals surface area contributed by atoms with Gasteiger partial charge in [-0.3, -0.25) is 28.9 Å². The Morgan fingerprint density at radius 1 is 0.547 bits per heavy atom. The van der Waals surface area contributed by atoms with Crippen LogP contribution in [0.25, 0.3) is 0 Å². The van der Waals surface area contributed by atoms with Crippen molar-refractivity contribution in [3.8, 4) is 17.2 Å². The van der Waals surface area contributed by atoms with Crippen molar-refractivity contribution in [2.75, 3.05) is 67.9 Å². The van der Waals surface area contributed by atoms with Gasteiger partial charge in [0, 0.05) is 124 Å². The number of anilines is 3. The monoisotopic (exact) mass is 1030 g/mol. The average Bonchev–Trinajstić information content (AvgIpc) is 4.32. The highest BCUT2D eigenvalue weighted by Gasteiger charge is 2.43. The van der Waals surface area contributed by atoms with Crippen LogP contribution in [-0.2, 0) is 48.5 Å². The molecule has 11 rings (SSSR count). The molecule has 18 heteroatoms. The van der Waals surface area contributed by atoms with Gasteiger partial charge in [-0.1, -0.05) is 48.2 Å². The maximum atomic E-state index is 12.7. The van der Waals surface area contributed by atoms with Crippen molar-refractivity contribution in [2.45, 2.75) is 121 Å². The van der Waals surface area contributed by atoms with Gasteiger partial charge in [0.1, 0.15) is 29.5 Å². The van der Waals surface area contributed by atoms with Gasteiger partial charge in [-0.15, -0.1) is 0 Å². The van der Waals surface area contributed by atoms with Crippen LogP contribution in [0.3, 0.4) is 0 Å². The van der Waals surface area contributed by atoms with E-state index in [4.69, 9.17) is 33.4 Å². The Bertz CT molecular complexity index is 2770. The summed E-state index contributed by atoms with van der Waals surface area (Å²) >= 11 is 0. The normalized spacial score (nSPS) is 20.4. The second kappa shape index (κ2) is 21.5. The molecule has 18 nitrogen and oxygen atoms in total. The number of nitrogens with zero attached hydrogens (tertiary/aromatic N) is 5. The van der Waals surface area contributed by atoms with Gasteiger partial charge in [0.2, 0.25) is 0 Å². The summed E-state index contributed by atoms with van der Waals surface area (Å²) in [6.07, 6.45) is 3.79. The van der Waals surface area contributed by atoms with E-state index in [1.54, 1.807) is 26.2 Å². The third kappa shape index (κ3) is 10.4. The van der Waals surface area contributed by atoms with Crippen LogP contribution < -0.4 is 24.2 Å². The molecular formula is C57H65N5O13. The van der Waals surface area contributed by atoms with E-state index in [1.165, 1.54) is 48.2 Å². The number of fused-ring (bicyclic) bond motifs is 4. The van der Waals surface area contributed by atoms with Gasteiger partial charge < -0.3 is 38.4 Å². The minimum atomic E-state index is -1.12. The van der Waals surface area contributed by atoms with Crippen LogP contribution in [0.15, 0.2) is 72.8 Å². The first-order valence-corrected chi connectivity index (χ1v) is 26.3. The molecule has 0 spiro atoms. The van der Waals surface area contributed by atoms with Crippen LogP contribution in [0.2, 0.25) is 0 Å². The highest BCUT2D eigenvalue weighted by molar-refractivity contribution is 6.02. The zero-order valence-corrected chi connectivity index (χ0v) is 43.3. The van der Waals surface area contributed by atoms with Crippen molar-refractivity contribution in [3.63, 3.8) is 0 Å². The number of benzene rings is 4. The number of hydrogen-bond donors (Lipinski definition) is 0. The predicted molar refractivity (Wildman–Crippen MR) is 275 cm³/mol. The van der Waals surface area contributed by atoms with E-state index in [9.17, 15) is 28.8 Å². The fourth-order valence-electron chi connectivity index (χ4n) is 11.7. The SMILES string of the molecule is CC(OC(=O)ON1C(=O)CCC1=O)C1c2ccc(N3CCCC3)cc2C(C)(C)c2cc(N3CCCC3)ccc21.COCOc1ccc2c(c1)Oc1cc(N3CCCC3)ccc1C2C(C)OC(=O)ON1C(=O)CCC1=O. The number of carbonyl (C=O) groups is 6. The lowest BCUT2D eigenvalue weighted by Crippen LogP contribution is -2.37. The molecule has 5 saturated heterocycles. The number of rotatable bonds is 12. The highest BCUT2D eigenvalue weighted by atomic mass is 16.8. The molecule has 7 aliphatic rings. The van der Waals surface area contributed by atoms with Crippen LogP contribution >= 0.6 is 0 Å². The van der Waals surface area contributed by atoms with Crippen molar-refractivity contribution in [3.05, 3.63) is 106 Å². The molecule has 0 radical (unpaired) electrons. The van der Waals surface area contributed by atoms with Gasteiger partial charge in [0.25, 0.3) is 23.6 Å². The summed E-state index contributed by atoms with van der Waals surface area (Å²) < 4.78 is 28.2. The summed E-state index contributed by atoms with van der Waals surface area (Å²) in [6.45, 7) is 14.5. The number of carbonyl (C=O) groups excluding carboxylic acids is 6. The molecule has 3 atom stereocenters. The summed E-state index contributed by atoms with van der Waals surface area (Å²) in [4.78, 5) is 90.0. The summed E-state index contributed by atoms with van der Waals surface area (Å²) in [6, 6.07) is 24.9. The first-order valence-electron chi connectivity index (χ1n) is 26.3. The Kier molecular flexibility index (Phi) is 14.7. The van der Waals surface area contributed by atoms with E-state index < -0.39 is 48.1 Å².